The molecule has 1 aliphatic rings. The van der Waals surface area contributed by atoms with E-state index in [0.717, 1.165) is 12.8 Å². The molecule has 0 aliphatic carbocycles. The highest BCUT2D eigenvalue weighted by Gasteiger charge is 2.39. The lowest BCUT2D eigenvalue weighted by Gasteiger charge is -2.13. The summed E-state index contributed by atoms with van der Waals surface area (Å²) in [6.45, 7) is 2.77. The first-order chi connectivity index (χ1) is 15.4. The molecule has 3 rings (SSSR count). The maximum absolute atomic E-state index is 12.6. The molecule has 0 N–H and O–H groups in total. The van der Waals surface area contributed by atoms with Crippen LogP contribution in [-0.2, 0) is 14.4 Å². The van der Waals surface area contributed by atoms with E-state index in [9.17, 15) is 18.0 Å². The van der Waals surface area contributed by atoms with Gasteiger partial charge in [0.25, 0.3) is 11.8 Å². The minimum atomic E-state index is -4.36. The summed E-state index contributed by atoms with van der Waals surface area (Å²) < 4.78 is 35.7. The molecule has 0 saturated heterocycles. The smallest absolute Gasteiger partial charge is 0.318 e. The second-order valence-corrected chi connectivity index (χ2v) is 9.30. The number of hydrogen-bond donors (Lipinski definition) is 0. The standard InChI is InChI=1S/C24H29NO6S/c1-2-3-4-5-6-7-8-11-18-30-19-14-16-20(17-15-19)32(28,29)31-25-23(26)21-12-9-10-13-22(21)24(25)27/h9-10,12-17H,2-8,11,18H2,1H3. The number of unbranched alkanes of at least 4 members (excludes halogenated alkanes) is 7. The van der Waals surface area contributed by atoms with Gasteiger partial charge in [-0.15, -0.1) is 9.35 Å². The van der Waals surface area contributed by atoms with Crippen LogP contribution in [0.1, 0.15) is 79.0 Å². The van der Waals surface area contributed by atoms with E-state index < -0.39 is 21.9 Å². The van der Waals surface area contributed by atoms with Crippen LogP contribution in [0, 0.1) is 0 Å². The molecule has 0 saturated carbocycles. The summed E-state index contributed by atoms with van der Waals surface area (Å²) in [5, 5.41) is 0.284. The number of fused-ring (bicyclic) bond motifs is 1. The van der Waals surface area contributed by atoms with Crippen LogP contribution in [0.5, 0.6) is 5.75 Å². The van der Waals surface area contributed by atoms with Gasteiger partial charge in [-0.05, 0) is 42.8 Å². The average molecular weight is 460 g/mol. The van der Waals surface area contributed by atoms with Gasteiger partial charge in [-0.1, -0.05) is 64.0 Å². The van der Waals surface area contributed by atoms with E-state index >= 15 is 0 Å². The van der Waals surface area contributed by atoms with Crippen molar-refractivity contribution in [1.29, 1.82) is 0 Å². The van der Waals surface area contributed by atoms with Gasteiger partial charge in [0, 0.05) is 0 Å². The van der Waals surface area contributed by atoms with Crippen LogP contribution in [0.4, 0.5) is 0 Å². The molecule has 0 fully saturated rings. The molecule has 0 unspecified atom stereocenters. The van der Waals surface area contributed by atoms with Crippen LogP contribution < -0.4 is 4.74 Å². The van der Waals surface area contributed by atoms with Gasteiger partial charge >= 0.3 is 10.1 Å². The minimum absolute atomic E-state index is 0.109. The molecule has 8 heteroatoms. The predicted molar refractivity (Wildman–Crippen MR) is 120 cm³/mol. The first-order valence-electron chi connectivity index (χ1n) is 11.1. The number of hydrogen-bond acceptors (Lipinski definition) is 6. The van der Waals surface area contributed by atoms with Gasteiger partial charge in [-0.25, -0.2) is 0 Å². The fourth-order valence-corrected chi connectivity index (χ4v) is 4.39. The molecule has 172 valence electrons. The van der Waals surface area contributed by atoms with Crippen molar-refractivity contribution in [2.45, 2.75) is 63.2 Å². The van der Waals surface area contributed by atoms with Crippen LogP contribution >= 0.6 is 0 Å². The van der Waals surface area contributed by atoms with E-state index in [0.29, 0.717) is 12.4 Å². The molecule has 0 spiro atoms. The van der Waals surface area contributed by atoms with Crippen molar-refractivity contribution in [2.24, 2.45) is 0 Å². The summed E-state index contributed by atoms with van der Waals surface area (Å²) in [6.07, 6.45) is 9.63. The maximum atomic E-state index is 12.6. The Kier molecular flexibility index (Phi) is 8.41. The first kappa shape index (κ1) is 23.9. The molecule has 2 aromatic carbocycles. The van der Waals surface area contributed by atoms with Gasteiger partial charge in [0.2, 0.25) is 0 Å². The second kappa shape index (κ2) is 11.2. The zero-order chi connectivity index (χ0) is 23.0. The molecule has 0 bridgehead atoms. The molecular formula is C24H29NO6S. The Balaban J connectivity index is 1.47. The van der Waals surface area contributed by atoms with Crippen molar-refractivity contribution < 1.29 is 27.0 Å². The molecule has 7 nitrogen and oxygen atoms in total. The zero-order valence-corrected chi connectivity index (χ0v) is 19.1. The highest BCUT2D eigenvalue weighted by molar-refractivity contribution is 7.86. The Labute approximate surface area is 189 Å². The van der Waals surface area contributed by atoms with Gasteiger partial charge in [0.05, 0.1) is 22.6 Å². The van der Waals surface area contributed by atoms with E-state index in [1.165, 1.54) is 74.9 Å². The molecule has 0 radical (unpaired) electrons. The van der Waals surface area contributed by atoms with E-state index in [-0.39, 0.29) is 21.1 Å². The maximum Gasteiger partial charge on any atom is 0.318 e. The topological polar surface area (TPSA) is 90.0 Å². The summed E-state index contributed by atoms with van der Waals surface area (Å²) >= 11 is 0. The van der Waals surface area contributed by atoms with Crippen molar-refractivity contribution in [3.8, 4) is 5.75 Å². The number of benzene rings is 2. The fourth-order valence-electron chi connectivity index (χ4n) is 3.50. The molecule has 2 aromatic rings. The predicted octanol–water partition coefficient (Wildman–Crippen LogP) is 5.12. The van der Waals surface area contributed by atoms with Gasteiger partial charge in [0.1, 0.15) is 5.75 Å². The van der Waals surface area contributed by atoms with Crippen molar-refractivity contribution in [2.75, 3.05) is 6.61 Å². The molecular weight excluding hydrogens is 430 g/mol. The number of nitrogens with zero attached hydrogens (tertiary/aromatic N) is 1. The molecule has 32 heavy (non-hydrogen) atoms. The summed E-state index contributed by atoms with van der Waals surface area (Å²) in [6, 6.07) is 11.8. The summed E-state index contributed by atoms with van der Waals surface area (Å²) in [4.78, 5) is 24.5. The van der Waals surface area contributed by atoms with Gasteiger partial charge in [0.15, 0.2) is 0 Å². The number of rotatable bonds is 13. The van der Waals surface area contributed by atoms with E-state index in [1.54, 1.807) is 12.1 Å². The fraction of sp³-hybridized carbons (Fsp3) is 0.417. The third kappa shape index (κ3) is 5.95. The van der Waals surface area contributed by atoms with Crippen LogP contribution in [0.2, 0.25) is 0 Å². The van der Waals surface area contributed by atoms with Gasteiger partial charge in [-0.3, -0.25) is 9.59 Å². The minimum Gasteiger partial charge on any atom is -0.494 e. The van der Waals surface area contributed by atoms with E-state index in [2.05, 4.69) is 6.92 Å². The summed E-state index contributed by atoms with van der Waals surface area (Å²) in [7, 11) is -4.36. The van der Waals surface area contributed by atoms with Crippen molar-refractivity contribution in [1.82, 2.24) is 5.06 Å². The van der Waals surface area contributed by atoms with Gasteiger partial charge < -0.3 is 4.74 Å². The number of imide groups is 1. The number of carbonyl (C=O) groups excluding carboxylic acids is 2. The highest BCUT2D eigenvalue weighted by Crippen LogP contribution is 2.26. The summed E-state index contributed by atoms with van der Waals surface area (Å²) in [5.41, 5.74) is 0.217. The Bertz CT molecular complexity index is 998. The van der Waals surface area contributed by atoms with E-state index in [4.69, 9.17) is 9.02 Å². The lowest BCUT2D eigenvalue weighted by Crippen LogP contribution is -2.32. The largest absolute Gasteiger partial charge is 0.494 e. The van der Waals surface area contributed by atoms with Crippen LogP contribution in [0.15, 0.2) is 53.4 Å². The highest BCUT2D eigenvalue weighted by atomic mass is 32.2. The average Bonchev–Trinajstić information content (AvgIpc) is 3.03. The first-order valence-corrected chi connectivity index (χ1v) is 12.5. The molecule has 1 heterocycles. The van der Waals surface area contributed by atoms with Crippen LogP contribution in [-0.4, -0.2) is 31.9 Å². The number of ether oxygens (including phenoxy) is 1. The van der Waals surface area contributed by atoms with Crippen LogP contribution in [0.25, 0.3) is 0 Å². The van der Waals surface area contributed by atoms with Crippen molar-refractivity contribution in [3.05, 3.63) is 59.7 Å². The molecule has 0 aromatic heterocycles. The van der Waals surface area contributed by atoms with Crippen molar-refractivity contribution >= 4 is 21.9 Å². The van der Waals surface area contributed by atoms with Crippen molar-refractivity contribution in [3.63, 3.8) is 0 Å². The zero-order valence-electron chi connectivity index (χ0n) is 18.3. The number of carbonyl (C=O) groups is 2. The molecule has 1 aliphatic heterocycles. The third-order valence-corrected chi connectivity index (χ3v) is 6.50. The summed E-state index contributed by atoms with van der Waals surface area (Å²) in [5.74, 6) is -1.06. The van der Waals surface area contributed by atoms with Crippen LogP contribution in [0.3, 0.4) is 0 Å². The van der Waals surface area contributed by atoms with Gasteiger partial charge in [-0.2, -0.15) is 8.42 Å². The quantitative estimate of drug-likeness (QED) is 0.305. The Morgan fingerprint density at radius 3 is 1.84 bits per heavy atom. The molecule has 0 atom stereocenters. The number of hydroxylamine groups is 2. The molecule has 2 amide bonds. The lowest BCUT2D eigenvalue weighted by molar-refractivity contribution is -0.0103. The lowest BCUT2D eigenvalue weighted by atomic mass is 10.1. The van der Waals surface area contributed by atoms with E-state index in [1.807, 2.05) is 0 Å². The Morgan fingerprint density at radius 2 is 1.28 bits per heavy atom. The normalized spacial score (nSPS) is 13.5. The SMILES string of the molecule is CCCCCCCCCCOc1ccc(S(=O)(=O)ON2C(=O)c3ccccc3C2=O)cc1. The second-order valence-electron chi connectivity index (χ2n) is 7.77. The Morgan fingerprint density at radius 1 is 0.750 bits per heavy atom. The number of amides is 2. The monoisotopic (exact) mass is 459 g/mol. The Hall–Kier alpha value is -2.71. The third-order valence-electron chi connectivity index (χ3n) is 5.31.